The Balaban J connectivity index is 4.15. The molecule has 0 aliphatic heterocycles. The van der Waals surface area contributed by atoms with Crippen LogP contribution in [0.15, 0.2) is 0 Å². The Labute approximate surface area is 71.1 Å². The molecule has 5 nitrogen and oxygen atoms in total. The molecule has 0 radical (unpaired) electrons. The molecule has 0 fully saturated rings. The number of aliphatic carboxylic acids is 1. The number of nitrogens with zero attached hydrogens (tertiary/aromatic N) is 1. The number of carboxylic acids is 1. The summed E-state index contributed by atoms with van der Waals surface area (Å²) in [5.41, 5.74) is 5.30. The minimum Gasteiger partial charge on any atom is -0.480 e. The van der Waals surface area contributed by atoms with E-state index in [1.807, 2.05) is 0 Å². The SMILES string of the molecule is CCN(CC(=O)O)C(=O)[C@@H](C)N. The molecule has 0 rings (SSSR count). The maximum atomic E-state index is 11.1. The fourth-order valence-electron chi connectivity index (χ4n) is 0.797. The van der Waals surface area contributed by atoms with E-state index >= 15 is 0 Å². The van der Waals surface area contributed by atoms with Gasteiger partial charge in [-0.2, -0.15) is 0 Å². The second-order valence-electron chi connectivity index (χ2n) is 2.53. The van der Waals surface area contributed by atoms with Gasteiger partial charge >= 0.3 is 5.97 Å². The average Bonchev–Trinajstić information content (AvgIpc) is 1.98. The van der Waals surface area contributed by atoms with Crippen molar-refractivity contribution in [2.24, 2.45) is 5.73 Å². The third-order valence-electron chi connectivity index (χ3n) is 1.41. The van der Waals surface area contributed by atoms with Gasteiger partial charge in [0.1, 0.15) is 6.54 Å². The summed E-state index contributed by atoms with van der Waals surface area (Å²) < 4.78 is 0. The van der Waals surface area contributed by atoms with Crippen molar-refractivity contribution in [2.75, 3.05) is 13.1 Å². The lowest BCUT2D eigenvalue weighted by Crippen LogP contribution is -2.44. The van der Waals surface area contributed by atoms with Crippen LogP contribution in [0.5, 0.6) is 0 Å². The summed E-state index contributed by atoms with van der Waals surface area (Å²) in [4.78, 5) is 22.6. The number of nitrogens with two attached hydrogens (primary N) is 1. The number of hydrogen-bond donors (Lipinski definition) is 2. The maximum Gasteiger partial charge on any atom is 0.323 e. The molecule has 12 heavy (non-hydrogen) atoms. The second-order valence-corrected chi connectivity index (χ2v) is 2.53. The van der Waals surface area contributed by atoms with Crippen LogP contribution in [0.4, 0.5) is 0 Å². The Morgan fingerprint density at radius 2 is 2.08 bits per heavy atom. The molecule has 0 aliphatic carbocycles. The van der Waals surface area contributed by atoms with Crippen molar-refractivity contribution in [1.29, 1.82) is 0 Å². The van der Waals surface area contributed by atoms with Crippen LogP contribution in [-0.2, 0) is 9.59 Å². The van der Waals surface area contributed by atoms with Gasteiger partial charge in [0.25, 0.3) is 0 Å². The van der Waals surface area contributed by atoms with Crippen molar-refractivity contribution < 1.29 is 14.7 Å². The highest BCUT2D eigenvalue weighted by molar-refractivity contribution is 5.84. The van der Waals surface area contributed by atoms with Gasteiger partial charge in [0.05, 0.1) is 6.04 Å². The summed E-state index contributed by atoms with van der Waals surface area (Å²) in [7, 11) is 0. The van der Waals surface area contributed by atoms with Crippen LogP contribution in [-0.4, -0.2) is 41.0 Å². The summed E-state index contributed by atoms with van der Waals surface area (Å²) in [5.74, 6) is -1.36. The lowest BCUT2D eigenvalue weighted by atomic mass is 10.3. The summed E-state index contributed by atoms with van der Waals surface area (Å²) in [6.45, 7) is 3.33. The molecule has 0 aromatic carbocycles. The van der Waals surface area contributed by atoms with Gasteiger partial charge in [-0.05, 0) is 13.8 Å². The largest absolute Gasteiger partial charge is 0.480 e. The molecular weight excluding hydrogens is 160 g/mol. The van der Waals surface area contributed by atoms with Crippen molar-refractivity contribution in [3.8, 4) is 0 Å². The van der Waals surface area contributed by atoms with E-state index in [1.165, 1.54) is 11.8 Å². The molecule has 0 aromatic rings. The van der Waals surface area contributed by atoms with Crippen LogP contribution in [0.3, 0.4) is 0 Å². The number of carbonyl (C=O) groups excluding carboxylic acids is 1. The van der Waals surface area contributed by atoms with E-state index in [9.17, 15) is 9.59 Å². The van der Waals surface area contributed by atoms with Gasteiger partial charge in [-0.1, -0.05) is 0 Å². The van der Waals surface area contributed by atoms with Gasteiger partial charge in [0, 0.05) is 6.54 Å². The molecule has 0 saturated heterocycles. The summed E-state index contributed by atoms with van der Waals surface area (Å²) in [5, 5.41) is 8.41. The average molecular weight is 174 g/mol. The fourth-order valence-corrected chi connectivity index (χ4v) is 0.797. The minimum atomic E-state index is -1.02. The van der Waals surface area contributed by atoms with Crippen LogP contribution in [0.25, 0.3) is 0 Å². The lowest BCUT2D eigenvalue weighted by Gasteiger charge is -2.20. The van der Waals surface area contributed by atoms with E-state index in [1.54, 1.807) is 6.92 Å². The number of rotatable bonds is 4. The molecule has 0 bridgehead atoms. The molecule has 0 unspecified atom stereocenters. The van der Waals surface area contributed by atoms with E-state index in [0.29, 0.717) is 6.54 Å². The van der Waals surface area contributed by atoms with E-state index < -0.39 is 12.0 Å². The van der Waals surface area contributed by atoms with Gasteiger partial charge in [-0.15, -0.1) is 0 Å². The molecule has 1 atom stereocenters. The van der Waals surface area contributed by atoms with Crippen LogP contribution in [0.1, 0.15) is 13.8 Å². The van der Waals surface area contributed by atoms with Gasteiger partial charge in [0.15, 0.2) is 0 Å². The maximum absolute atomic E-state index is 11.1. The molecule has 1 amide bonds. The van der Waals surface area contributed by atoms with Crippen molar-refractivity contribution >= 4 is 11.9 Å². The van der Waals surface area contributed by atoms with E-state index in [2.05, 4.69) is 0 Å². The number of amides is 1. The summed E-state index contributed by atoms with van der Waals surface area (Å²) in [6, 6.07) is -0.635. The highest BCUT2D eigenvalue weighted by Gasteiger charge is 2.17. The summed E-state index contributed by atoms with van der Waals surface area (Å²) in [6.07, 6.45) is 0. The Bertz CT molecular complexity index is 179. The quantitative estimate of drug-likeness (QED) is 0.588. The lowest BCUT2D eigenvalue weighted by molar-refractivity contribution is -0.144. The van der Waals surface area contributed by atoms with Crippen LogP contribution < -0.4 is 5.73 Å². The Hall–Kier alpha value is -1.10. The van der Waals surface area contributed by atoms with Gasteiger partial charge < -0.3 is 15.7 Å². The molecule has 0 heterocycles. The second kappa shape index (κ2) is 4.71. The van der Waals surface area contributed by atoms with Crippen LogP contribution in [0.2, 0.25) is 0 Å². The predicted octanol–water partition coefficient (Wildman–Crippen LogP) is -0.733. The smallest absolute Gasteiger partial charge is 0.323 e. The monoisotopic (exact) mass is 174 g/mol. The standard InChI is InChI=1S/C7H14N2O3/c1-3-9(4-6(10)11)7(12)5(2)8/h5H,3-4,8H2,1-2H3,(H,10,11)/t5-/m1/s1. The van der Waals surface area contributed by atoms with Gasteiger partial charge in [-0.3, -0.25) is 9.59 Å². The molecule has 0 spiro atoms. The van der Waals surface area contributed by atoms with Gasteiger partial charge in [-0.25, -0.2) is 0 Å². The number of carboxylic acid groups (broad SMARTS) is 1. The number of carbonyl (C=O) groups is 2. The summed E-state index contributed by atoms with van der Waals surface area (Å²) >= 11 is 0. The zero-order valence-corrected chi connectivity index (χ0v) is 7.28. The third kappa shape index (κ3) is 3.34. The third-order valence-corrected chi connectivity index (χ3v) is 1.41. The molecule has 70 valence electrons. The molecule has 5 heteroatoms. The first-order valence-corrected chi connectivity index (χ1v) is 3.75. The molecule has 0 saturated carbocycles. The molecule has 0 aromatic heterocycles. The van der Waals surface area contributed by atoms with E-state index in [0.717, 1.165) is 0 Å². The molecule has 3 N–H and O–H groups in total. The molecule has 0 aliphatic rings. The Morgan fingerprint density at radius 1 is 1.58 bits per heavy atom. The van der Waals surface area contributed by atoms with Crippen molar-refractivity contribution in [3.63, 3.8) is 0 Å². The first kappa shape index (κ1) is 10.9. The van der Waals surface area contributed by atoms with Crippen molar-refractivity contribution in [1.82, 2.24) is 4.90 Å². The first-order chi connectivity index (χ1) is 5.49. The topological polar surface area (TPSA) is 83.6 Å². The van der Waals surface area contributed by atoms with Crippen molar-refractivity contribution in [3.05, 3.63) is 0 Å². The molecular formula is C7H14N2O3. The highest BCUT2D eigenvalue weighted by Crippen LogP contribution is 1.92. The van der Waals surface area contributed by atoms with E-state index in [4.69, 9.17) is 10.8 Å². The van der Waals surface area contributed by atoms with Crippen molar-refractivity contribution in [2.45, 2.75) is 19.9 Å². The normalized spacial score (nSPS) is 12.2. The zero-order chi connectivity index (χ0) is 9.72. The fraction of sp³-hybridized carbons (Fsp3) is 0.714. The van der Waals surface area contributed by atoms with E-state index in [-0.39, 0.29) is 12.5 Å². The van der Waals surface area contributed by atoms with Crippen LogP contribution in [0, 0.1) is 0 Å². The minimum absolute atomic E-state index is 0.281. The van der Waals surface area contributed by atoms with Gasteiger partial charge in [0.2, 0.25) is 5.91 Å². The highest BCUT2D eigenvalue weighted by atomic mass is 16.4. The Kier molecular flexibility index (Phi) is 4.28. The zero-order valence-electron chi connectivity index (χ0n) is 7.28. The Morgan fingerprint density at radius 3 is 2.33 bits per heavy atom. The predicted molar refractivity (Wildman–Crippen MR) is 43.5 cm³/mol. The number of hydrogen-bond acceptors (Lipinski definition) is 3. The number of likely N-dealkylation sites (N-methyl/N-ethyl adjacent to an activating group) is 1. The van der Waals surface area contributed by atoms with Crippen LogP contribution >= 0.6 is 0 Å². The first-order valence-electron chi connectivity index (χ1n) is 3.75.